The van der Waals surface area contributed by atoms with Crippen molar-refractivity contribution in [1.82, 2.24) is 0 Å². The van der Waals surface area contributed by atoms with Crippen LogP contribution in [-0.2, 0) is 12.8 Å². The average Bonchev–Trinajstić information content (AvgIpc) is 2.88. The monoisotopic (exact) mass is 292 g/mol. The summed E-state index contributed by atoms with van der Waals surface area (Å²) in [5, 5.41) is 11.4. The molecular weight excluding hydrogens is 279 g/mol. The van der Waals surface area contributed by atoms with E-state index in [0.717, 1.165) is 24.0 Å². The Bertz CT molecular complexity index is 622. The lowest BCUT2D eigenvalue weighted by Gasteiger charge is -2.13. The molecule has 1 N–H and O–H groups in total. The molecule has 1 atom stereocenters. The van der Waals surface area contributed by atoms with E-state index >= 15 is 0 Å². The molecule has 0 saturated heterocycles. The van der Waals surface area contributed by atoms with E-state index in [1.54, 1.807) is 12.1 Å². The second-order valence-corrected chi connectivity index (χ2v) is 5.77. The highest BCUT2D eigenvalue weighted by molar-refractivity contribution is 6.42. The molecule has 0 aromatic heterocycles. The van der Waals surface area contributed by atoms with Crippen LogP contribution in [0.2, 0.25) is 10.0 Å². The summed E-state index contributed by atoms with van der Waals surface area (Å²) in [7, 11) is 0. The van der Waals surface area contributed by atoms with Crippen molar-refractivity contribution in [3.05, 3.63) is 68.7 Å². The van der Waals surface area contributed by atoms with Gasteiger partial charge in [0.2, 0.25) is 0 Å². The van der Waals surface area contributed by atoms with Crippen molar-refractivity contribution in [2.45, 2.75) is 25.4 Å². The zero-order valence-corrected chi connectivity index (χ0v) is 11.9. The number of fused-ring (bicyclic) bond motifs is 1. The topological polar surface area (TPSA) is 20.2 Å². The summed E-state index contributed by atoms with van der Waals surface area (Å²) < 4.78 is 0. The van der Waals surface area contributed by atoms with Crippen molar-refractivity contribution in [3.8, 4) is 0 Å². The molecule has 19 heavy (non-hydrogen) atoms. The van der Waals surface area contributed by atoms with Crippen molar-refractivity contribution in [3.63, 3.8) is 0 Å². The van der Waals surface area contributed by atoms with Gasteiger partial charge in [0.05, 0.1) is 10.0 Å². The van der Waals surface area contributed by atoms with Crippen LogP contribution in [-0.4, -0.2) is 5.11 Å². The highest BCUT2D eigenvalue weighted by atomic mass is 35.5. The second-order valence-electron chi connectivity index (χ2n) is 4.96. The summed E-state index contributed by atoms with van der Waals surface area (Å²) >= 11 is 11.9. The summed E-state index contributed by atoms with van der Waals surface area (Å²) in [6.45, 7) is 0. The third-order valence-electron chi connectivity index (χ3n) is 3.70. The van der Waals surface area contributed by atoms with Crippen LogP contribution in [0.4, 0.5) is 0 Å². The lowest BCUT2D eigenvalue weighted by Crippen LogP contribution is -2.00. The highest BCUT2D eigenvalue weighted by Gasteiger charge is 2.16. The fourth-order valence-electron chi connectivity index (χ4n) is 2.64. The maximum atomic E-state index is 10.4. The molecule has 1 aliphatic rings. The maximum Gasteiger partial charge on any atom is 0.104 e. The Morgan fingerprint density at radius 3 is 2.32 bits per heavy atom. The molecule has 1 aliphatic carbocycles. The second kappa shape index (κ2) is 5.16. The van der Waals surface area contributed by atoms with Gasteiger partial charge in [-0.1, -0.05) is 47.5 Å². The van der Waals surface area contributed by atoms with Gasteiger partial charge >= 0.3 is 0 Å². The zero-order valence-electron chi connectivity index (χ0n) is 10.4. The third-order valence-corrected chi connectivity index (χ3v) is 4.44. The van der Waals surface area contributed by atoms with Gasteiger partial charge in [0.25, 0.3) is 0 Å². The molecule has 0 amide bonds. The van der Waals surface area contributed by atoms with E-state index in [0.29, 0.717) is 10.0 Å². The minimum atomic E-state index is -0.652. The van der Waals surface area contributed by atoms with Gasteiger partial charge < -0.3 is 5.11 Å². The van der Waals surface area contributed by atoms with Crippen molar-refractivity contribution in [2.24, 2.45) is 0 Å². The lowest BCUT2D eigenvalue weighted by atomic mass is 9.98. The molecule has 0 saturated carbocycles. The van der Waals surface area contributed by atoms with E-state index in [-0.39, 0.29) is 0 Å². The quantitative estimate of drug-likeness (QED) is 0.860. The smallest absolute Gasteiger partial charge is 0.104 e. The number of rotatable bonds is 2. The molecule has 0 fully saturated rings. The van der Waals surface area contributed by atoms with Gasteiger partial charge in [-0.15, -0.1) is 0 Å². The van der Waals surface area contributed by atoms with Crippen molar-refractivity contribution in [2.75, 3.05) is 0 Å². The van der Waals surface area contributed by atoms with Crippen LogP contribution >= 0.6 is 23.2 Å². The van der Waals surface area contributed by atoms with Gasteiger partial charge in [0, 0.05) is 0 Å². The minimum absolute atomic E-state index is 0.472. The van der Waals surface area contributed by atoms with Crippen LogP contribution in [0, 0.1) is 0 Å². The van der Waals surface area contributed by atoms with Gasteiger partial charge in [-0.25, -0.2) is 0 Å². The number of aryl methyl sites for hydroxylation is 2. The van der Waals surface area contributed by atoms with Crippen LogP contribution in [0.5, 0.6) is 0 Å². The summed E-state index contributed by atoms with van der Waals surface area (Å²) in [5.41, 5.74) is 4.45. The number of benzene rings is 2. The van der Waals surface area contributed by atoms with Gasteiger partial charge in [-0.3, -0.25) is 0 Å². The van der Waals surface area contributed by atoms with Crippen LogP contribution < -0.4 is 0 Å². The number of hydrogen-bond donors (Lipinski definition) is 1. The van der Waals surface area contributed by atoms with E-state index in [9.17, 15) is 5.11 Å². The van der Waals surface area contributed by atoms with Crippen LogP contribution in [0.25, 0.3) is 0 Å². The molecule has 0 spiro atoms. The fourth-order valence-corrected chi connectivity index (χ4v) is 2.94. The van der Waals surface area contributed by atoms with Crippen molar-refractivity contribution in [1.29, 1.82) is 0 Å². The van der Waals surface area contributed by atoms with Crippen LogP contribution in [0.1, 0.15) is 34.8 Å². The number of hydrogen-bond acceptors (Lipinski definition) is 1. The fraction of sp³-hybridized carbons (Fsp3) is 0.250. The molecule has 0 radical (unpaired) electrons. The first-order chi connectivity index (χ1) is 9.15. The zero-order chi connectivity index (χ0) is 13.4. The van der Waals surface area contributed by atoms with E-state index in [4.69, 9.17) is 23.2 Å². The van der Waals surface area contributed by atoms with Crippen LogP contribution in [0.15, 0.2) is 36.4 Å². The Hall–Kier alpha value is -1.02. The Morgan fingerprint density at radius 1 is 0.842 bits per heavy atom. The molecule has 0 aliphatic heterocycles. The molecule has 0 heterocycles. The van der Waals surface area contributed by atoms with Gasteiger partial charge in [0.1, 0.15) is 6.10 Å². The van der Waals surface area contributed by atoms with E-state index < -0.39 is 6.10 Å². The summed E-state index contributed by atoms with van der Waals surface area (Å²) in [6.07, 6.45) is 2.82. The Morgan fingerprint density at radius 2 is 1.53 bits per heavy atom. The number of aliphatic hydroxyl groups is 1. The predicted octanol–water partition coefficient (Wildman–Crippen LogP) is 4.56. The molecule has 2 aromatic carbocycles. The normalized spacial score (nSPS) is 15.3. The first-order valence-electron chi connectivity index (χ1n) is 6.40. The summed E-state index contributed by atoms with van der Waals surface area (Å²) in [6, 6.07) is 11.5. The molecule has 0 bridgehead atoms. The molecule has 3 rings (SSSR count). The Balaban J connectivity index is 1.94. The Kier molecular flexibility index (Phi) is 3.53. The lowest BCUT2D eigenvalue weighted by molar-refractivity contribution is 0.220. The highest BCUT2D eigenvalue weighted by Crippen LogP contribution is 2.31. The first kappa shape index (κ1) is 13.0. The van der Waals surface area contributed by atoms with Gasteiger partial charge in [-0.05, 0) is 53.6 Å². The standard InChI is InChI=1S/C16H14Cl2O/c17-14-7-6-13(9-15(14)18)16(19)12-5-4-10-2-1-3-11(10)8-12/h4-9,16,19H,1-3H2. The van der Waals surface area contributed by atoms with E-state index in [1.807, 2.05) is 12.1 Å². The summed E-state index contributed by atoms with van der Waals surface area (Å²) in [5.74, 6) is 0. The van der Waals surface area contributed by atoms with Crippen molar-refractivity contribution >= 4 is 23.2 Å². The van der Waals surface area contributed by atoms with E-state index in [1.165, 1.54) is 17.5 Å². The molecule has 98 valence electrons. The minimum Gasteiger partial charge on any atom is -0.384 e. The molecule has 1 unspecified atom stereocenters. The van der Waals surface area contributed by atoms with Crippen molar-refractivity contribution < 1.29 is 5.11 Å². The third kappa shape index (κ3) is 2.51. The molecule has 3 heteroatoms. The molecule has 2 aromatic rings. The molecular formula is C16H14Cl2O. The van der Waals surface area contributed by atoms with E-state index in [2.05, 4.69) is 12.1 Å². The molecule has 1 nitrogen and oxygen atoms in total. The average molecular weight is 293 g/mol. The first-order valence-corrected chi connectivity index (χ1v) is 7.15. The number of halogens is 2. The number of aliphatic hydroxyl groups excluding tert-OH is 1. The van der Waals surface area contributed by atoms with Gasteiger partial charge in [0.15, 0.2) is 0 Å². The largest absolute Gasteiger partial charge is 0.384 e. The SMILES string of the molecule is OC(c1ccc(Cl)c(Cl)c1)c1ccc2c(c1)CCC2. The maximum absolute atomic E-state index is 10.4. The predicted molar refractivity (Wildman–Crippen MR) is 79.0 cm³/mol. The Labute approximate surface area is 122 Å². The van der Waals surface area contributed by atoms with Gasteiger partial charge in [-0.2, -0.15) is 0 Å². The van der Waals surface area contributed by atoms with Crippen LogP contribution in [0.3, 0.4) is 0 Å². The summed E-state index contributed by atoms with van der Waals surface area (Å²) in [4.78, 5) is 0.